The fraction of sp³-hybridized carbons (Fsp3) is 0.333. The number of anilines is 1. The second kappa shape index (κ2) is 6.26. The van der Waals surface area contributed by atoms with Gasteiger partial charge in [0.25, 0.3) is 0 Å². The number of nitrogens with zero attached hydrogens (tertiary/aromatic N) is 1. The van der Waals surface area contributed by atoms with Crippen molar-refractivity contribution in [2.24, 2.45) is 0 Å². The molecule has 2 aromatic rings. The molecule has 0 aliphatic heterocycles. The van der Waals surface area contributed by atoms with Gasteiger partial charge in [-0.05, 0) is 38.2 Å². The van der Waals surface area contributed by atoms with Crippen LogP contribution in [0.4, 0.5) is 5.69 Å². The molecule has 96 valence electrons. The van der Waals surface area contributed by atoms with Crippen LogP contribution in [0.25, 0.3) is 0 Å². The number of benzene rings is 1. The van der Waals surface area contributed by atoms with E-state index in [2.05, 4.69) is 48.5 Å². The highest BCUT2D eigenvalue weighted by atomic mass is 16.3. The number of likely N-dealkylation sites (N-methyl/N-ethyl adjacent to an activating group) is 1. The van der Waals surface area contributed by atoms with Gasteiger partial charge < -0.3 is 9.73 Å². The van der Waals surface area contributed by atoms with E-state index in [1.807, 2.05) is 12.1 Å². The van der Waals surface area contributed by atoms with E-state index in [-0.39, 0.29) is 0 Å². The molecule has 0 saturated carbocycles. The van der Waals surface area contributed by atoms with E-state index in [1.165, 1.54) is 11.3 Å². The molecule has 1 N–H and O–H groups in total. The van der Waals surface area contributed by atoms with Gasteiger partial charge >= 0.3 is 0 Å². The van der Waals surface area contributed by atoms with Crippen molar-refractivity contribution in [3.05, 3.63) is 54.0 Å². The molecule has 3 heteroatoms. The molecular weight excluding hydrogens is 224 g/mol. The summed E-state index contributed by atoms with van der Waals surface area (Å²) < 4.78 is 5.32. The Kier molecular flexibility index (Phi) is 4.42. The fourth-order valence-electron chi connectivity index (χ4n) is 1.81. The lowest BCUT2D eigenvalue weighted by molar-refractivity contribution is 0.305. The van der Waals surface area contributed by atoms with Crippen LogP contribution in [-0.4, -0.2) is 25.0 Å². The van der Waals surface area contributed by atoms with Crippen LogP contribution in [0.1, 0.15) is 11.3 Å². The third-order valence-electron chi connectivity index (χ3n) is 2.88. The molecule has 1 heterocycles. The van der Waals surface area contributed by atoms with Gasteiger partial charge in [-0.25, -0.2) is 0 Å². The Morgan fingerprint density at radius 3 is 2.61 bits per heavy atom. The summed E-state index contributed by atoms with van der Waals surface area (Å²) in [5, 5.41) is 3.41. The normalized spacial score (nSPS) is 10.8. The van der Waals surface area contributed by atoms with Crippen LogP contribution in [0.15, 0.2) is 47.1 Å². The average Bonchev–Trinajstić information content (AvgIpc) is 2.84. The minimum Gasteiger partial charge on any atom is -0.468 e. The third-order valence-corrected chi connectivity index (χ3v) is 2.88. The van der Waals surface area contributed by atoms with Crippen molar-refractivity contribution >= 4 is 5.69 Å². The number of hydrogen-bond acceptors (Lipinski definition) is 3. The van der Waals surface area contributed by atoms with Crippen molar-refractivity contribution in [3.8, 4) is 0 Å². The van der Waals surface area contributed by atoms with Gasteiger partial charge in [0.05, 0.1) is 12.8 Å². The summed E-state index contributed by atoms with van der Waals surface area (Å²) in [5.74, 6) is 1.01. The molecule has 1 aromatic carbocycles. The Balaban J connectivity index is 1.70. The van der Waals surface area contributed by atoms with Crippen molar-refractivity contribution in [3.63, 3.8) is 0 Å². The Bertz CT molecular complexity index is 448. The third kappa shape index (κ3) is 3.93. The quantitative estimate of drug-likeness (QED) is 0.846. The predicted molar refractivity (Wildman–Crippen MR) is 74.7 cm³/mol. The monoisotopic (exact) mass is 244 g/mol. The van der Waals surface area contributed by atoms with Crippen molar-refractivity contribution in [2.45, 2.75) is 13.5 Å². The van der Waals surface area contributed by atoms with E-state index in [9.17, 15) is 0 Å². The predicted octanol–water partition coefficient (Wildman–Crippen LogP) is 3.13. The summed E-state index contributed by atoms with van der Waals surface area (Å²) in [4.78, 5) is 2.24. The van der Waals surface area contributed by atoms with Crippen LogP contribution in [0.2, 0.25) is 0 Å². The molecular formula is C15H20N2O. The number of rotatable bonds is 6. The summed E-state index contributed by atoms with van der Waals surface area (Å²) in [5.41, 5.74) is 2.46. The maximum absolute atomic E-state index is 5.32. The molecule has 0 radical (unpaired) electrons. The Hall–Kier alpha value is -1.74. The summed E-state index contributed by atoms with van der Waals surface area (Å²) >= 11 is 0. The topological polar surface area (TPSA) is 28.4 Å². The average molecular weight is 244 g/mol. The first-order chi connectivity index (χ1) is 8.74. The number of hydrogen-bond donors (Lipinski definition) is 1. The number of aryl methyl sites for hydroxylation is 1. The summed E-state index contributed by atoms with van der Waals surface area (Å²) in [7, 11) is 2.10. The summed E-state index contributed by atoms with van der Waals surface area (Å²) in [6, 6.07) is 12.4. The number of furan rings is 1. The minimum atomic E-state index is 0.850. The van der Waals surface area contributed by atoms with Crippen LogP contribution in [0.3, 0.4) is 0 Å². The van der Waals surface area contributed by atoms with Crippen LogP contribution in [0, 0.1) is 6.92 Å². The Labute approximate surface area is 108 Å². The Morgan fingerprint density at radius 1 is 1.17 bits per heavy atom. The molecule has 0 unspecified atom stereocenters. The van der Waals surface area contributed by atoms with E-state index in [0.717, 1.165) is 25.4 Å². The largest absolute Gasteiger partial charge is 0.468 e. The van der Waals surface area contributed by atoms with Gasteiger partial charge in [-0.3, -0.25) is 4.90 Å². The minimum absolute atomic E-state index is 0.850. The van der Waals surface area contributed by atoms with Gasteiger partial charge in [-0.15, -0.1) is 0 Å². The zero-order valence-electron chi connectivity index (χ0n) is 11.0. The van der Waals surface area contributed by atoms with Crippen LogP contribution >= 0.6 is 0 Å². The molecule has 0 fully saturated rings. The van der Waals surface area contributed by atoms with E-state index in [1.54, 1.807) is 6.26 Å². The molecule has 2 rings (SSSR count). The Morgan fingerprint density at radius 2 is 1.94 bits per heavy atom. The molecule has 0 aliphatic rings. The van der Waals surface area contributed by atoms with Gasteiger partial charge in [0.15, 0.2) is 0 Å². The molecule has 1 aromatic heterocycles. The molecule has 3 nitrogen and oxygen atoms in total. The maximum atomic E-state index is 5.32. The lowest BCUT2D eigenvalue weighted by Gasteiger charge is -2.16. The zero-order chi connectivity index (χ0) is 12.8. The van der Waals surface area contributed by atoms with Gasteiger partial charge in [0.1, 0.15) is 5.76 Å². The van der Waals surface area contributed by atoms with E-state index in [4.69, 9.17) is 4.42 Å². The maximum Gasteiger partial charge on any atom is 0.117 e. The summed E-state index contributed by atoms with van der Waals surface area (Å²) in [6.45, 7) is 4.86. The summed E-state index contributed by atoms with van der Waals surface area (Å²) in [6.07, 6.45) is 1.72. The van der Waals surface area contributed by atoms with Gasteiger partial charge in [0.2, 0.25) is 0 Å². The smallest absolute Gasteiger partial charge is 0.117 e. The molecule has 0 atom stereocenters. The first kappa shape index (κ1) is 12.7. The highest BCUT2D eigenvalue weighted by Crippen LogP contribution is 2.08. The van der Waals surface area contributed by atoms with E-state index < -0.39 is 0 Å². The van der Waals surface area contributed by atoms with E-state index >= 15 is 0 Å². The van der Waals surface area contributed by atoms with Crippen molar-refractivity contribution in [1.82, 2.24) is 4.90 Å². The van der Waals surface area contributed by atoms with Gasteiger partial charge in [0, 0.05) is 18.8 Å². The standard InChI is InChI=1S/C15H20N2O/c1-13-5-7-14(8-6-13)16-9-10-17(2)12-15-4-3-11-18-15/h3-8,11,16H,9-10,12H2,1-2H3. The van der Waals surface area contributed by atoms with E-state index in [0.29, 0.717) is 0 Å². The molecule has 0 aliphatic carbocycles. The second-order valence-electron chi connectivity index (χ2n) is 4.61. The fourth-order valence-corrected chi connectivity index (χ4v) is 1.81. The highest BCUT2D eigenvalue weighted by Gasteiger charge is 2.01. The second-order valence-corrected chi connectivity index (χ2v) is 4.61. The van der Waals surface area contributed by atoms with Crippen molar-refractivity contribution in [1.29, 1.82) is 0 Å². The molecule has 18 heavy (non-hydrogen) atoms. The van der Waals surface area contributed by atoms with Crippen molar-refractivity contribution < 1.29 is 4.42 Å². The first-order valence-corrected chi connectivity index (χ1v) is 6.25. The van der Waals surface area contributed by atoms with Crippen LogP contribution in [-0.2, 0) is 6.54 Å². The lowest BCUT2D eigenvalue weighted by Crippen LogP contribution is -2.24. The highest BCUT2D eigenvalue weighted by molar-refractivity contribution is 5.44. The first-order valence-electron chi connectivity index (χ1n) is 6.25. The molecule has 0 saturated heterocycles. The SMILES string of the molecule is Cc1ccc(NCCN(C)Cc2ccco2)cc1. The molecule has 0 bridgehead atoms. The van der Waals surface area contributed by atoms with Crippen LogP contribution < -0.4 is 5.32 Å². The van der Waals surface area contributed by atoms with Crippen molar-refractivity contribution in [2.75, 3.05) is 25.5 Å². The number of nitrogens with one attached hydrogen (secondary N) is 1. The van der Waals surface area contributed by atoms with Gasteiger partial charge in [-0.2, -0.15) is 0 Å². The van der Waals surface area contributed by atoms with Crippen LogP contribution in [0.5, 0.6) is 0 Å². The van der Waals surface area contributed by atoms with Gasteiger partial charge in [-0.1, -0.05) is 17.7 Å². The lowest BCUT2D eigenvalue weighted by atomic mass is 10.2. The zero-order valence-corrected chi connectivity index (χ0v) is 11.0. The molecule has 0 spiro atoms. The molecule has 0 amide bonds.